The minimum atomic E-state index is 0.417. The second-order valence-electron chi connectivity index (χ2n) is 4.85. The first-order chi connectivity index (χ1) is 7.74. The van der Waals surface area contributed by atoms with Gasteiger partial charge in [0.15, 0.2) is 0 Å². The summed E-state index contributed by atoms with van der Waals surface area (Å²) >= 11 is 0. The summed E-state index contributed by atoms with van der Waals surface area (Å²) in [5.74, 6) is 0. The summed E-state index contributed by atoms with van der Waals surface area (Å²) in [4.78, 5) is 0. The number of aromatic nitrogens is 2. The molecule has 0 spiro atoms. The maximum absolute atomic E-state index is 4.58. The van der Waals surface area contributed by atoms with Crippen molar-refractivity contribution in [2.75, 3.05) is 6.54 Å². The number of nitrogens with zero attached hydrogens (tertiary/aromatic N) is 2. The van der Waals surface area contributed by atoms with Crippen molar-refractivity contribution >= 4 is 0 Å². The van der Waals surface area contributed by atoms with Crippen LogP contribution in [0.15, 0.2) is 6.20 Å². The Balaban J connectivity index is 2.16. The average Bonchev–Trinajstić information content (AvgIpc) is 2.86. The zero-order chi connectivity index (χ0) is 11.5. The average molecular weight is 221 g/mol. The molecule has 1 unspecified atom stereocenters. The van der Waals surface area contributed by atoms with Crippen LogP contribution in [0.1, 0.15) is 62.9 Å². The van der Waals surface area contributed by atoms with Crippen LogP contribution in [0, 0.1) is 6.92 Å². The Morgan fingerprint density at radius 1 is 1.50 bits per heavy atom. The first-order valence-corrected chi connectivity index (χ1v) is 6.51. The molecule has 0 aromatic carbocycles. The molecular formula is C13H23N3. The molecule has 0 aliphatic heterocycles. The Morgan fingerprint density at radius 3 is 2.81 bits per heavy atom. The maximum atomic E-state index is 4.58. The molecule has 0 saturated heterocycles. The lowest BCUT2D eigenvalue weighted by atomic mass is 10.1. The third kappa shape index (κ3) is 2.14. The van der Waals surface area contributed by atoms with E-state index in [9.17, 15) is 0 Å². The quantitative estimate of drug-likeness (QED) is 0.847. The summed E-state index contributed by atoms with van der Waals surface area (Å²) < 4.78 is 2.25. The Kier molecular flexibility index (Phi) is 3.64. The van der Waals surface area contributed by atoms with Crippen LogP contribution in [0.25, 0.3) is 0 Å². The van der Waals surface area contributed by atoms with E-state index in [1.165, 1.54) is 36.9 Å². The second kappa shape index (κ2) is 5.00. The summed E-state index contributed by atoms with van der Waals surface area (Å²) in [5, 5.41) is 8.03. The molecule has 1 aliphatic rings. The van der Waals surface area contributed by atoms with Crippen LogP contribution in [0.4, 0.5) is 0 Å². The molecule has 1 saturated carbocycles. The highest BCUT2D eigenvalue weighted by Crippen LogP contribution is 2.31. The molecule has 0 radical (unpaired) electrons. The van der Waals surface area contributed by atoms with Gasteiger partial charge in [0.1, 0.15) is 0 Å². The largest absolute Gasteiger partial charge is 0.310 e. The lowest BCUT2D eigenvalue weighted by molar-refractivity contribution is 0.454. The number of hydrogen-bond donors (Lipinski definition) is 1. The fraction of sp³-hybridized carbons (Fsp3) is 0.769. The van der Waals surface area contributed by atoms with E-state index < -0.39 is 0 Å². The minimum absolute atomic E-state index is 0.417. The van der Waals surface area contributed by atoms with Gasteiger partial charge in [0.2, 0.25) is 0 Å². The van der Waals surface area contributed by atoms with Crippen molar-refractivity contribution in [3.63, 3.8) is 0 Å². The molecular weight excluding hydrogens is 198 g/mol. The standard InChI is InChI=1S/C13H23N3/c1-4-14-10(2)13-9-15-16(11(13)3)12-7-5-6-8-12/h9-10,12,14H,4-8H2,1-3H3. The van der Waals surface area contributed by atoms with E-state index in [-0.39, 0.29) is 0 Å². The van der Waals surface area contributed by atoms with Crippen LogP contribution in [-0.2, 0) is 0 Å². The molecule has 1 fully saturated rings. The van der Waals surface area contributed by atoms with Crippen LogP contribution in [0.2, 0.25) is 0 Å². The highest BCUT2D eigenvalue weighted by atomic mass is 15.3. The number of nitrogens with one attached hydrogen (secondary N) is 1. The van der Waals surface area contributed by atoms with Gasteiger partial charge in [-0.1, -0.05) is 19.8 Å². The molecule has 1 aromatic rings. The summed E-state index contributed by atoms with van der Waals surface area (Å²) in [6.07, 6.45) is 7.38. The zero-order valence-electron chi connectivity index (χ0n) is 10.7. The van der Waals surface area contributed by atoms with Crippen molar-refractivity contribution < 1.29 is 0 Å². The summed E-state index contributed by atoms with van der Waals surface area (Å²) in [5.41, 5.74) is 2.70. The van der Waals surface area contributed by atoms with Gasteiger partial charge in [-0.05, 0) is 33.2 Å². The van der Waals surface area contributed by atoms with Gasteiger partial charge in [-0.15, -0.1) is 0 Å². The third-order valence-electron chi connectivity index (χ3n) is 3.73. The third-order valence-corrected chi connectivity index (χ3v) is 3.73. The Bertz CT molecular complexity index is 337. The summed E-state index contributed by atoms with van der Waals surface area (Å²) in [6.45, 7) is 7.57. The predicted molar refractivity (Wildman–Crippen MR) is 66.6 cm³/mol. The van der Waals surface area contributed by atoms with E-state index in [4.69, 9.17) is 0 Å². The fourth-order valence-electron chi connectivity index (χ4n) is 2.79. The highest BCUT2D eigenvalue weighted by Gasteiger charge is 2.21. The highest BCUT2D eigenvalue weighted by molar-refractivity contribution is 5.20. The van der Waals surface area contributed by atoms with Gasteiger partial charge in [-0.3, -0.25) is 4.68 Å². The van der Waals surface area contributed by atoms with Gasteiger partial charge >= 0.3 is 0 Å². The molecule has 3 heteroatoms. The topological polar surface area (TPSA) is 29.9 Å². The minimum Gasteiger partial charge on any atom is -0.310 e. The molecule has 1 N–H and O–H groups in total. The van der Waals surface area contributed by atoms with Crippen molar-refractivity contribution in [3.05, 3.63) is 17.5 Å². The van der Waals surface area contributed by atoms with Crippen LogP contribution in [-0.4, -0.2) is 16.3 Å². The maximum Gasteiger partial charge on any atom is 0.0540 e. The summed E-state index contributed by atoms with van der Waals surface area (Å²) in [7, 11) is 0. The number of rotatable bonds is 4. The van der Waals surface area contributed by atoms with Crippen LogP contribution in [0.5, 0.6) is 0 Å². The van der Waals surface area contributed by atoms with Crippen molar-refractivity contribution in [1.82, 2.24) is 15.1 Å². The van der Waals surface area contributed by atoms with Crippen LogP contribution < -0.4 is 5.32 Å². The molecule has 1 atom stereocenters. The van der Waals surface area contributed by atoms with Crippen molar-refractivity contribution in [2.24, 2.45) is 0 Å². The van der Waals surface area contributed by atoms with Crippen molar-refractivity contribution in [1.29, 1.82) is 0 Å². The van der Waals surface area contributed by atoms with E-state index in [2.05, 4.69) is 35.9 Å². The molecule has 2 rings (SSSR count). The van der Waals surface area contributed by atoms with Crippen molar-refractivity contribution in [3.8, 4) is 0 Å². The molecule has 3 nitrogen and oxygen atoms in total. The van der Waals surface area contributed by atoms with E-state index in [1.54, 1.807) is 0 Å². The SMILES string of the molecule is CCNC(C)c1cnn(C2CCCC2)c1C. The lowest BCUT2D eigenvalue weighted by Gasteiger charge is -2.15. The van der Waals surface area contributed by atoms with Gasteiger partial charge in [0, 0.05) is 17.3 Å². The monoisotopic (exact) mass is 221 g/mol. The molecule has 0 amide bonds. The van der Waals surface area contributed by atoms with E-state index >= 15 is 0 Å². The van der Waals surface area contributed by atoms with Gasteiger partial charge < -0.3 is 5.32 Å². The Morgan fingerprint density at radius 2 is 2.19 bits per heavy atom. The normalized spacial score (nSPS) is 19.2. The number of hydrogen-bond acceptors (Lipinski definition) is 2. The lowest BCUT2D eigenvalue weighted by Crippen LogP contribution is -2.18. The van der Waals surface area contributed by atoms with E-state index in [1.807, 2.05) is 6.20 Å². The molecule has 0 bridgehead atoms. The fourth-order valence-corrected chi connectivity index (χ4v) is 2.79. The zero-order valence-corrected chi connectivity index (χ0v) is 10.7. The van der Waals surface area contributed by atoms with Crippen molar-refractivity contribution in [2.45, 2.75) is 58.5 Å². The van der Waals surface area contributed by atoms with Gasteiger partial charge in [-0.2, -0.15) is 5.10 Å². The second-order valence-corrected chi connectivity index (χ2v) is 4.85. The Labute approximate surface area is 98.2 Å². The predicted octanol–water partition coefficient (Wildman–Crippen LogP) is 2.98. The summed E-state index contributed by atoms with van der Waals surface area (Å²) in [6, 6.07) is 1.07. The smallest absolute Gasteiger partial charge is 0.0540 e. The molecule has 16 heavy (non-hydrogen) atoms. The van der Waals surface area contributed by atoms with E-state index in [0.29, 0.717) is 12.1 Å². The van der Waals surface area contributed by atoms with Gasteiger partial charge in [-0.25, -0.2) is 0 Å². The first-order valence-electron chi connectivity index (χ1n) is 6.51. The molecule has 1 aromatic heterocycles. The molecule has 1 aliphatic carbocycles. The molecule has 90 valence electrons. The van der Waals surface area contributed by atoms with Gasteiger partial charge in [0.25, 0.3) is 0 Å². The van der Waals surface area contributed by atoms with E-state index in [0.717, 1.165) is 6.54 Å². The van der Waals surface area contributed by atoms with Crippen LogP contribution >= 0.6 is 0 Å². The molecule has 1 heterocycles. The first kappa shape index (κ1) is 11.6. The van der Waals surface area contributed by atoms with Crippen LogP contribution in [0.3, 0.4) is 0 Å². The Hall–Kier alpha value is -0.830. The van der Waals surface area contributed by atoms with Gasteiger partial charge in [0.05, 0.1) is 12.2 Å².